The van der Waals surface area contributed by atoms with Crippen LogP contribution in [0.4, 0.5) is 16.3 Å². The zero-order valence-electron chi connectivity index (χ0n) is 17.4. The Morgan fingerprint density at radius 2 is 2.07 bits per heavy atom. The average molecular weight is 467 g/mol. The van der Waals surface area contributed by atoms with Crippen LogP contribution >= 0.6 is 15.9 Å². The van der Waals surface area contributed by atoms with E-state index in [1.807, 2.05) is 20.8 Å². The van der Waals surface area contributed by atoms with E-state index in [-0.39, 0.29) is 11.7 Å². The third-order valence-electron chi connectivity index (χ3n) is 3.73. The Hall–Kier alpha value is -2.55. The van der Waals surface area contributed by atoms with Crippen LogP contribution in [0.2, 0.25) is 0 Å². The van der Waals surface area contributed by atoms with Gasteiger partial charge in [0.05, 0.1) is 6.61 Å². The SMILES string of the molecule is CN(CCCOc1cccc(Nc2cc(Br)cn(C)c2=O)n1)C(=O)OC(C)(C)C. The van der Waals surface area contributed by atoms with Crippen molar-refractivity contribution in [1.29, 1.82) is 0 Å². The molecule has 0 saturated heterocycles. The number of hydrogen-bond acceptors (Lipinski definition) is 6. The molecule has 0 aliphatic rings. The van der Waals surface area contributed by atoms with E-state index in [9.17, 15) is 9.59 Å². The van der Waals surface area contributed by atoms with Crippen molar-refractivity contribution in [3.8, 4) is 5.88 Å². The molecule has 29 heavy (non-hydrogen) atoms. The second-order valence-corrected chi connectivity index (χ2v) is 8.49. The van der Waals surface area contributed by atoms with E-state index in [0.717, 1.165) is 4.47 Å². The predicted octanol–water partition coefficient (Wildman–Crippen LogP) is 3.92. The van der Waals surface area contributed by atoms with Gasteiger partial charge in [0.15, 0.2) is 0 Å². The van der Waals surface area contributed by atoms with E-state index in [1.54, 1.807) is 44.6 Å². The lowest BCUT2D eigenvalue weighted by molar-refractivity contribution is 0.0292. The molecule has 2 heterocycles. The summed E-state index contributed by atoms with van der Waals surface area (Å²) < 4.78 is 13.2. The lowest BCUT2D eigenvalue weighted by Crippen LogP contribution is -2.35. The molecule has 0 atom stereocenters. The molecular formula is C20H27BrN4O4. The number of hydrogen-bond donors (Lipinski definition) is 1. The summed E-state index contributed by atoms with van der Waals surface area (Å²) >= 11 is 3.37. The fourth-order valence-corrected chi connectivity index (χ4v) is 2.91. The summed E-state index contributed by atoms with van der Waals surface area (Å²) in [5.41, 5.74) is -0.272. The number of pyridine rings is 2. The van der Waals surface area contributed by atoms with Gasteiger partial charge in [-0.25, -0.2) is 4.79 Å². The van der Waals surface area contributed by atoms with Gasteiger partial charge in [-0.15, -0.1) is 0 Å². The minimum absolute atomic E-state index is 0.161. The monoisotopic (exact) mass is 466 g/mol. The molecule has 9 heteroatoms. The molecule has 8 nitrogen and oxygen atoms in total. The Labute approximate surface area is 179 Å². The van der Waals surface area contributed by atoms with E-state index >= 15 is 0 Å². The number of halogens is 1. The molecule has 0 aromatic carbocycles. The van der Waals surface area contributed by atoms with Gasteiger partial charge in [-0.3, -0.25) is 4.79 Å². The molecule has 0 aliphatic carbocycles. The zero-order valence-corrected chi connectivity index (χ0v) is 18.9. The molecule has 0 fully saturated rings. The van der Waals surface area contributed by atoms with Crippen LogP contribution in [0.25, 0.3) is 0 Å². The molecule has 1 amide bonds. The van der Waals surface area contributed by atoms with Crippen molar-refractivity contribution >= 4 is 33.5 Å². The fourth-order valence-electron chi connectivity index (χ4n) is 2.37. The summed E-state index contributed by atoms with van der Waals surface area (Å²) in [5.74, 6) is 0.935. The van der Waals surface area contributed by atoms with Crippen molar-refractivity contribution in [3.63, 3.8) is 0 Å². The van der Waals surface area contributed by atoms with Gasteiger partial charge in [-0.2, -0.15) is 4.98 Å². The van der Waals surface area contributed by atoms with Crippen molar-refractivity contribution in [1.82, 2.24) is 14.5 Å². The van der Waals surface area contributed by atoms with E-state index in [1.165, 1.54) is 9.47 Å². The van der Waals surface area contributed by atoms with Crippen LogP contribution in [-0.2, 0) is 11.8 Å². The van der Waals surface area contributed by atoms with Gasteiger partial charge in [0.1, 0.15) is 17.1 Å². The zero-order chi connectivity index (χ0) is 21.6. The predicted molar refractivity (Wildman–Crippen MR) is 116 cm³/mol. The summed E-state index contributed by atoms with van der Waals surface area (Å²) in [7, 11) is 3.37. The smallest absolute Gasteiger partial charge is 0.410 e. The minimum atomic E-state index is -0.519. The quantitative estimate of drug-likeness (QED) is 0.622. The van der Waals surface area contributed by atoms with Crippen molar-refractivity contribution in [2.75, 3.05) is 25.5 Å². The number of aromatic nitrogens is 2. The second-order valence-electron chi connectivity index (χ2n) is 7.58. The third kappa shape index (κ3) is 7.41. The molecule has 2 aromatic rings. The number of nitrogens with one attached hydrogen (secondary N) is 1. The van der Waals surface area contributed by atoms with Crippen molar-refractivity contribution in [2.45, 2.75) is 32.8 Å². The standard InChI is InChI=1S/C20H27BrN4O4/c1-20(2,3)29-19(27)24(4)10-7-11-28-17-9-6-8-16(23-17)22-15-12-14(21)13-25(5)18(15)26/h6,8-9,12-13H,7,10-11H2,1-5H3,(H,22,23). The average Bonchev–Trinajstić information content (AvgIpc) is 2.61. The summed E-state index contributed by atoms with van der Waals surface area (Å²) in [6, 6.07) is 6.98. The normalized spacial score (nSPS) is 11.1. The summed E-state index contributed by atoms with van der Waals surface area (Å²) in [6.07, 6.45) is 1.95. The van der Waals surface area contributed by atoms with Crippen LogP contribution in [-0.4, -0.2) is 46.3 Å². The highest BCUT2D eigenvalue weighted by Gasteiger charge is 2.19. The highest BCUT2D eigenvalue weighted by molar-refractivity contribution is 9.10. The maximum Gasteiger partial charge on any atom is 0.410 e. The molecule has 0 bridgehead atoms. The van der Waals surface area contributed by atoms with Crippen LogP contribution in [0, 0.1) is 0 Å². The van der Waals surface area contributed by atoms with Gasteiger partial charge in [-0.1, -0.05) is 6.07 Å². The number of anilines is 2. The summed E-state index contributed by atoms with van der Waals surface area (Å²) in [6.45, 7) is 6.39. The number of rotatable bonds is 7. The van der Waals surface area contributed by atoms with Crippen LogP contribution in [0.3, 0.4) is 0 Å². The lowest BCUT2D eigenvalue weighted by Gasteiger charge is -2.24. The fraction of sp³-hybridized carbons (Fsp3) is 0.450. The molecule has 0 aliphatic heterocycles. The van der Waals surface area contributed by atoms with E-state index < -0.39 is 5.60 Å². The van der Waals surface area contributed by atoms with Gasteiger partial charge in [0, 0.05) is 37.4 Å². The Morgan fingerprint density at radius 1 is 1.34 bits per heavy atom. The first-order valence-corrected chi connectivity index (χ1v) is 10.0. The summed E-state index contributed by atoms with van der Waals surface area (Å²) in [4.78, 5) is 30.0. The highest BCUT2D eigenvalue weighted by atomic mass is 79.9. The first kappa shape index (κ1) is 22.7. The molecule has 0 spiro atoms. The molecule has 2 rings (SSSR count). The molecule has 158 valence electrons. The lowest BCUT2D eigenvalue weighted by atomic mass is 10.2. The maximum absolute atomic E-state index is 12.2. The first-order valence-electron chi connectivity index (χ1n) is 9.22. The third-order valence-corrected chi connectivity index (χ3v) is 4.16. The van der Waals surface area contributed by atoms with Crippen LogP contribution in [0.1, 0.15) is 27.2 Å². The Kier molecular flexibility index (Phi) is 7.66. The number of ether oxygens (including phenoxy) is 2. The molecular weight excluding hydrogens is 440 g/mol. The van der Waals surface area contributed by atoms with Gasteiger partial charge in [0.25, 0.3) is 5.56 Å². The molecule has 0 saturated carbocycles. The Bertz CT molecular complexity index is 908. The van der Waals surface area contributed by atoms with Gasteiger partial charge < -0.3 is 24.3 Å². The number of carbonyl (C=O) groups is 1. The minimum Gasteiger partial charge on any atom is -0.478 e. The number of nitrogens with zero attached hydrogens (tertiary/aromatic N) is 3. The first-order chi connectivity index (χ1) is 13.5. The molecule has 1 N–H and O–H groups in total. The van der Waals surface area contributed by atoms with E-state index in [2.05, 4.69) is 26.2 Å². The van der Waals surface area contributed by atoms with E-state index in [4.69, 9.17) is 9.47 Å². The van der Waals surface area contributed by atoms with Crippen molar-refractivity contribution in [2.24, 2.45) is 7.05 Å². The van der Waals surface area contributed by atoms with Crippen LogP contribution in [0.5, 0.6) is 5.88 Å². The van der Waals surface area contributed by atoms with Crippen LogP contribution < -0.4 is 15.6 Å². The van der Waals surface area contributed by atoms with Crippen LogP contribution in [0.15, 0.2) is 39.7 Å². The van der Waals surface area contributed by atoms with Gasteiger partial charge in [0.2, 0.25) is 5.88 Å². The maximum atomic E-state index is 12.2. The number of aryl methyl sites for hydroxylation is 1. The molecule has 0 radical (unpaired) electrons. The number of carbonyl (C=O) groups excluding carboxylic acids is 1. The van der Waals surface area contributed by atoms with Gasteiger partial charge in [-0.05, 0) is 55.3 Å². The second kappa shape index (κ2) is 9.78. The van der Waals surface area contributed by atoms with Crippen molar-refractivity contribution in [3.05, 3.63) is 45.3 Å². The topological polar surface area (TPSA) is 85.7 Å². The largest absolute Gasteiger partial charge is 0.478 e. The van der Waals surface area contributed by atoms with Gasteiger partial charge >= 0.3 is 6.09 Å². The van der Waals surface area contributed by atoms with Crippen molar-refractivity contribution < 1.29 is 14.3 Å². The number of amides is 1. The molecule has 0 unspecified atom stereocenters. The molecule has 2 aromatic heterocycles. The highest BCUT2D eigenvalue weighted by Crippen LogP contribution is 2.18. The Morgan fingerprint density at radius 3 is 2.76 bits per heavy atom. The Balaban J connectivity index is 1.88. The van der Waals surface area contributed by atoms with E-state index in [0.29, 0.717) is 37.0 Å². The summed E-state index contributed by atoms with van der Waals surface area (Å²) in [5, 5.41) is 3.02.